The number of carbonyl (C=O) groups excluding carboxylic acids is 1. The molecule has 0 bridgehead atoms. The van der Waals surface area contributed by atoms with Gasteiger partial charge in [-0.15, -0.1) is 0 Å². The highest BCUT2D eigenvalue weighted by Gasteiger charge is 2.36. The molecule has 1 nitrogen and oxygen atoms in total. The van der Waals surface area contributed by atoms with Crippen LogP contribution in [0.5, 0.6) is 0 Å². The minimum absolute atomic E-state index is 0.285. The van der Waals surface area contributed by atoms with Crippen molar-refractivity contribution in [1.29, 1.82) is 0 Å². The summed E-state index contributed by atoms with van der Waals surface area (Å²) < 4.78 is 0. The third kappa shape index (κ3) is 1.34. The summed E-state index contributed by atoms with van der Waals surface area (Å²) in [6.07, 6.45) is 6.41. The third-order valence-electron chi connectivity index (χ3n) is 3.78. The molecular weight excluding hydrogens is 160 g/mol. The molecule has 1 saturated carbocycles. The molecule has 0 amide bonds. The Labute approximate surface area is 80.2 Å². The molecule has 13 heavy (non-hydrogen) atoms. The van der Waals surface area contributed by atoms with Crippen LogP contribution in [-0.4, -0.2) is 5.78 Å². The molecule has 0 aliphatic heterocycles. The molecule has 0 saturated heterocycles. The minimum Gasteiger partial charge on any atom is -0.294 e. The predicted octanol–water partition coefficient (Wildman–Crippen LogP) is 3.10. The van der Waals surface area contributed by atoms with Crippen molar-refractivity contribution in [1.82, 2.24) is 0 Å². The van der Waals surface area contributed by atoms with Crippen LogP contribution in [0.1, 0.15) is 46.0 Å². The molecule has 2 unspecified atom stereocenters. The first-order valence-corrected chi connectivity index (χ1v) is 5.45. The minimum atomic E-state index is 0.285. The fourth-order valence-electron chi connectivity index (χ4n) is 2.92. The molecule has 0 heterocycles. The second kappa shape index (κ2) is 3.28. The summed E-state index contributed by atoms with van der Waals surface area (Å²) in [5, 5.41) is 0. The Morgan fingerprint density at radius 1 is 1.23 bits per heavy atom. The van der Waals surface area contributed by atoms with Gasteiger partial charge in [-0.05, 0) is 37.7 Å². The van der Waals surface area contributed by atoms with Gasteiger partial charge in [-0.3, -0.25) is 4.79 Å². The summed E-state index contributed by atoms with van der Waals surface area (Å²) in [4.78, 5) is 11.7. The van der Waals surface area contributed by atoms with Crippen molar-refractivity contribution in [3.8, 4) is 0 Å². The van der Waals surface area contributed by atoms with Gasteiger partial charge in [-0.2, -0.15) is 0 Å². The summed E-state index contributed by atoms with van der Waals surface area (Å²) in [6, 6.07) is 0. The van der Waals surface area contributed by atoms with E-state index in [4.69, 9.17) is 0 Å². The maximum absolute atomic E-state index is 11.7. The van der Waals surface area contributed by atoms with Crippen molar-refractivity contribution in [2.24, 2.45) is 11.8 Å². The molecule has 1 heteroatoms. The largest absolute Gasteiger partial charge is 0.294 e. The molecule has 2 atom stereocenters. The van der Waals surface area contributed by atoms with Crippen LogP contribution in [0.25, 0.3) is 0 Å². The molecule has 0 aromatic rings. The Balaban J connectivity index is 2.31. The van der Waals surface area contributed by atoms with Crippen LogP contribution >= 0.6 is 0 Å². The zero-order chi connectivity index (χ0) is 9.42. The standard InChI is InChI=1S/C12H18O/c1-8-10-6-4-3-5-7-11(10)9(2)12(8)13/h8,10H,3-7H2,1-2H3. The number of rotatable bonds is 0. The van der Waals surface area contributed by atoms with E-state index in [1.807, 2.05) is 6.92 Å². The van der Waals surface area contributed by atoms with Crippen LogP contribution in [0.15, 0.2) is 11.1 Å². The normalized spacial score (nSPS) is 34.8. The van der Waals surface area contributed by atoms with E-state index in [1.54, 1.807) is 0 Å². The van der Waals surface area contributed by atoms with Gasteiger partial charge in [-0.1, -0.05) is 25.3 Å². The van der Waals surface area contributed by atoms with Gasteiger partial charge >= 0.3 is 0 Å². The summed E-state index contributed by atoms with van der Waals surface area (Å²) in [7, 11) is 0. The highest BCUT2D eigenvalue weighted by Crippen LogP contribution is 2.41. The predicted molar refractivity (Wildman–Crippen MR) is 53.4 cm³/mol. The Bertz CT molecular complexity index is 262. The Morgan fingerprint density at radius 3 is 2.77 bits per heavy atom. The highest BCUT2D eigenvalue weighted by atomic mass is 16.1. The fraction of sp³-hybridized carbons (Fsp3) is 0.750. The van der Waals surface area contributed by atoms with Gasteiger partial charge in [0, 0.05) is 5.92 Å². The van der Waals surface area contributed by atoms with Crippen molar-refractivity contribution in [2.75, 3.05) is 0 Å². The highest BCUT2D eigenvalue weighted by molar-refractivity contribution is 6.00. The van der Waals surface area contributed by atoms with E-state index in [2.05, 4.69) is 6.92 Å². The number of ketones is 1. The Kier molecular flexibility index (Phi) is 2.27. The molecule has 2 aliphatic rings. The molecule has 72 valence electrons. The molecule has 2 aliphatic carbocycles. The molecule has 0 aromatic heterocycles. The molecule has 0 radical (unpaired) electrons. The van der Waals surface area contributed by atoms with Crippen molar-refractivity contribution < 1.29 is 4.79 Å². The van der Waals surface area contributed by atoms with E-state index in [1.165, 1.54) is 37.7 Å². The average Bonchev–Trinajstić information content (AvgIpc) is 2.40. The summed E-state index contributed by atoms with van der Waals surface area (Å²) in [5.41, 5.74) is 2.59. The first kappa shape index (κ1) is 8.98. The number of hydrogen-bond acceptors (Lipinski definition) is 1. The lowest BCUT2D eigenvalue weighted by Crippen LogP contribution is -2.13. The van der Waals surface area contributed by atoms with Crippen LogP contribution in [-0.2, 0) is 4.79 Å². The van der Waals surface area contributed by atoms with E-state index in [0.29, 0.717) is 11.7 Å². The number of Topliss-reactive ketones (excluding diaryl/α,β-unsaturated/α-hetero) is 1. The summed E-state index contributed by atoms with van der Waals surface area (Å²) >= 11 is 0. The van der Waals surface area contributed by atoms with Gasteiger partial charge in [0.05, 0.1) is 0 Å². The molecular formula is C12H18O. The van der Waals surface area contributed by atoms with E-state index in [-0.39, 0.29) is 5.92 Å². The van der Waals surface area contributed by atoms with Crippen LogP contribution in [0.2, 0.25) is 0 Å². The van der Waals surface area contributed by atoms with Gasteiger partial charge in [0.2, 0.25) is 0 Å². The van der Waals surface area contributed by atoms with Crippen molar-refractivity contribution in [3.05, 3.63) is 11.1 Å². The van der Waals surface area contributed by atoms with Gasteiger partial charge in [-0.25, -0.2) is 0 Å². The van der Waals surface area contributed by atoms with Crippen LogP contribution in [0.4, 0.5) is 0 Å². The van der Waals surface area contributed by atoms with Crippen LogP contribution < -0.4 is 0 Å². The number of allylic oxidation sites excluding steroid dienone is 2. The number of carbonyl (C=O) groups is 1. The average molecular weight is 178 g/mol. The van der Waals surface area contributed by atoms with Gasteiger partial charge in [0.1, 0.15) is 0 Å². The zero-order valence-corrected chi connectivity index (χ0v) is 8.60. The maximum Gasteiger partial charge on any atom is 0.161 e. The lowest BCUT2D eigenvalue weighted by Gasteiger charge is -2.15. The second-order valence-corrected chi connectivity index (χ2v) is 4.51. The third-order valence-corrected chi connectivity index (χ3v) is 3.78. The number of fused-ring (bicyclic) bond motifs is 1. The molecule has 2 rings (SSSR count). The summed E-state index contributed by atoms with van der Waals surface area (Å²) in [5.74, 6) is 1.31. The van der Waals surface area contributed by atoms with Gasteiger partial charge in [0.15, 0.2) is 5.78 Å². The topological polar surface area (TPSA) is 17.1 Å². The Morgan fingerprint density at radius 2 is 2.00 bits per heavy atom. The lowest BCUT2D eigenvalue weighted by molar-refractivity contribution is -0.118. The van der Waals surface area contributed by atoms with E-state index in [0.717, 1.165) is 5.57 Å². The van der Waals surface area contributed by atoms with Crippen molar-refractivity contribution in [2.45, 2.75) is 46.0 Å². The number of hydrogen-bond donors (Lipinski definition) is 0. The van der Waals surface area contributed by atoms with Crippen LogP contribution in [0, 0.1) is 11.8 Å². The molecule has 0 N–H and O–H groups in total. The van der Waals surface area contributed by atoms with Crippen molar-refractivity contribution >= 4 is 5.78 Å². The van der Waals surface area contributed by atoms with E-state index >= 15 is 0 Å². The molecule has 0 spiro atoms. The first-order chi connectivity index (χ1) is 6.22. The zero-order valence-electron chi connectivity index (χ0n) is 8.60. The lowest BCUT2D eigenvalue weighted by atomic mass is 9.88. The van der Waals surface area contributed by atoms with E-state index in [9.17, 15) is 4.79 Å². The fourth-order valence-corrected chi connectivity index (χ4v) is 2.92. The summed E-state index contributed by atoms with van der Waals surface area (Å²) in [6.45, 7) is 4.13. The van der Waals surface area contributed by atoms with E-state index < -0.39 is 0 Å². The van der Waals surface area contributed by atoms with Crippen molar-refractivity contribution in [3.63, 3.8) is 0 Å². The van der Waals surface area contributed by atoms with Gasteiger partial charge < -0.3 is 0 Å². The maximum atomic E-state index is 11.7. The molecule has 1 fully saturated rings. The SMILES string of the molecule is CC1=C2CCCCCC2C(C)C1=O. The molecule has 0 aromatic carbocycles. The quantitative estimate of drug-likeness (QED) is 0.557. The second-order valence-electron chi connectivity index (χ2n) is 4.51. The van der Waals surface area contributed by atoms with Gasteiger partial charge in [0.25, 0.3) is 0 Å². The monoisotopic (exact) mass is 178 g/mol. The Hall–Kier alpha value is -0.590. The smallest absolute Gasteiger partial charge is 0.161 e. The first-order valence-electron chi connectivity index (χ1n) is 5.45. The van der Waals surface area contributed by atoms with Crippen LogP contribution in [0.3, 0.4) is 0 Å².